The van der Waals surface area contributed by atoms with E-state index in [4.69, 9.17) is 0 Å². The summed E-state index contributed by atoms with van der Waals surface area (Å²) < 4.78 is 0. The molecule has 6 nitrogen and oxygen atoms in total. The van der Waals surface area contributed by atoms with Gasteiger partial charge in [-0.1, -0.05) is 6.08 Å². The van der Waals surface area contributed by atoms with Gasteiger partial charge in [0, 0.05) is 45.3 Å². The fourth-order valence-corrected chi connectivity index (χ4v) is 3.28. The first-order valence-electron chi connectivity index (χ1n) is 8.72. The van der Waals surface area contributed by atoms with Crippen LogP contribution in [0.4, 0.5) is 4.79 Å². The number of carbonyl (C=O) groups is 2. The third kappa shape index (κ3) is 4.70. The number of rotatable bonds is 5. The van der Waals surface area contributed by atoms with Crippen molar-refractivity contribution in [1.82, 2.24) is 20.0 Å². The molecule has 0 aromatic rings. The van der Waals surface area contributed by atoms with Gasteiger partial charge in [0.15, 0.2) is 0 Å². The number of likely N-dealkylation sites (tertiary alicyclic amines) is 1. The summed E-state index contributed by atoms with van der Waals surface area (Å²) in [5, 5.41) is 2.98. The van der Waals surface area contributed by atoms with E-state index >= 15 is 0 Å². The van der Waals surface area contributed by atoms with E-state index in [1.807, 2.05) is 29.7 Å². The number of nitrogens with one attached hydrogen (secondary N) is 1. The van der Waals surface area contributed by atoms with Crippen LogP contribution in [0.1, 0.15) is 33.1 Å². The quantitative estimate of drug-likeness (QED) is 0.776. The van der Waals surface area contributed by atoms with E-state index in [0.717, 1.165) is 45.4 Å². The first kappa shape index (κ1) is 17.8. The summed E-state index contributed by atoms with van der Waals surface area (Å²) in [5.74, 6) is 0.236. The van der Waals surface area contributed by atoms with E-state index in [9.17, 15) is 9.59 Å². The van der Waals surface area contributed by atoms with Gasteiger partial charge < -0.3 is 15.1 Å². The molecule has 2 aliphatic rings. The van der Waals surface area contributed by atoms with Crippen molar-refractivity contribution in [3.63, 3.8) is 0 Å². The zero-order valence-electron chi connectivity index (χ0n) is 14.5. The minimum absolute atomic E-state index is 0.0162. The maximum atomic E-state index is 12.5. The van der Waals surface area contributed by atoms with Crippen molar-refractivity contribution in [2.45, 2.75) is 45.2 Å². The summed E-state index contributed by atoms with van der Waals surface area (Å²) in [6.07, 6.45) is 4.83. The highest BCUT2D eigenvalue weighted by Gasteiger charge is 2.31. The SMILES string of the molecule is C=CC[C@H](C)NC(=O)N1CCN([C@H](C)C(=O)N2CCCC2)CC1. The van der Waals surface area contributed by atoms with Crippen molar-refractivity contribution < 1.29 is 9.59 Å². The van der Waals surface area contributed by atoms with Gasteiger partial charge in [-0.25, -0.2) is 4.79 Å². The minimum Gasteiger partial charge on any atom is -0.341 e. The third-order valence-corrected chi connectivity index (χ3v) is 4.81. The highest BCUT2D eigenvalue weighted by molar-refractivity contribution is 5.81. The maximum Gasteiger partial charge on any atom is 0.317 e. The highest BCUT2D eigenvalue weighted by Crippen LogP contribution is 2.14. The molecular formula is C17H30N4O2. The van der Waals surface area contributed by atoms with E-state index < -0.39 is 0 Å². The second-order valence-corrected chi connectivity index (χ2v) is 6.61. The average Bonchev–Trinajstić information content (AvgIpc) is 3.08. The number of nitrogens with zero attached hydrogens (tertiary/aromatic N) is 3. The van der Waals surface area contributed by atoms with Crippen molar-refractivity contribution in [3.8, 4) is 0 Å². The Morgan fingerprint density at radius 2 is 1.65 bits per heavy atom. The number of hydrogen-bond acceptors (Lipinski definition) is 3. The van der Waals surface area contributed by atoms with Crippen LogP contribution in [0.2, 0.25) is 0 Å². The van der Waals surface area contributed by atoms with Crippen molar-refractivity contribution >= 4 is 11.9 Å². The fourth-order valence-electron chi connectivity index (χ4n) is 3.28. The van der Waals surface area contributed by atoms with Crippen LogP contribution >= 0.6 is 0 Å². The molecule has 3 amide bonds. The van der Waals surface area contributed by atoms with Crippen molar-refractivity contribution in [1.29, 1.82) is 0 Å². The Hall–Kier alpha value is -1.56. The zero-order chi connectivity index (χ0) is 16.8. The van der Waals surface area contributed by atoms with Crippen LogP contribution < -0.4 is 5.32 Å². The zero-order valence-corrected chi connectivity index (χ0v) is 14.5. The van der Waals surface area contributed by atoms with Gasteiger partial charge in [-0.2, -0.15) is 0 Å². The van der Waals surface area contributed by atoms with E-state index in [0.29, 0.717) is 13.1 Å². The molecule has 23 heavy (non-hydrogen) atoms. The van der Waals surface area contributed by atoms with Crippen molar-refractivity contribution in [2.75, 3.05) is 39.3 Å². The molecule has 0 spiro atoms. The number of urea groups is 1. The Bertz CT molecular complexity index is 426. The monoisotopic (exact) mass is 322 g/mol. The number of hydrogen-bond donors (Lipinski definition) is 1. The molecule has 0 radical (unpaired) electrons. The molecule has 2 heterocycles. The molecule has 6 heteroatoms. The molecule has 0 aromatic heterocycles. The second kappa shape index (κ2) is 8.34. The van der Waals surface area contributed by atoms with E-state index in [-0.39, 0.29) is 24.0 Å². The molecule has 2 rings (SSSR count). The van der Waals surface area contributed by atoms with Gasteiger partial charge >= 0.3 is 6.03 Å². The smallest absolute Gasteiger partial charge is 0.317 e. The van der Waals surface area contributed by atoms with Gasteiger partial charge in [0.2, 0.25) is 5.91 Å². The van der Waals surface area contributed by atoms with Crippen LogP contribution in [0.5, 0.6) is 0 Å². The number of carbonyl (C=O) groups excluding carboxylic acids is 2. The van der Waals surface area contributed by atoms with E-state index in [1.54, 1.807) is 0 Å². The third-order valence-electron chi connectivity index (χ3n) is 4.81. The summed E-state index contributed by atoms with van der Waals surface area (Å²) in [6.45, 7) is 12.3. The molecule has 0 unspecified atom stereocenters. The highest BCUT2D eigenvalue weighted by atomic mass is 16.2. The molecule has 2 atom stereocenters. The predicted molar refractivity (Wildman–Crippen MR) is 91.2 cm³/mol. The molecule has 0 saturated carbocycles. The van der Waals surface area contributed by atoms with Crippen LogP contribution in [0, 0.1) is 0 Å². The Morgan fingerprint density at radius 3 is 2.22 bits per heavy atom. The molecule has 0 aromatic carbocycles. The van der Waals surface area contributed by atoms with Crippen LogP contribution in [-0.4, -0.2) is 78.0 Å². The molecular weight excluding hydrogens is 292 g/mol. The lowest BCUT2D eigenvalue weighted by molar-refractivity contribution is -0.135. The molecule has 2 aliphatic heterocycles. The van der Waals surface area contributed by atoms with Gasteiger partial charge in [-0.15, -0.1) is 6.58 Å². The Morgan fingerprint density at radius 1 is 1.04 bits per heavy atom. The summed E-state index contributed by atoms with van der Waals surface area (Å²) in [5.41, 5.74) is 0. The largest absolute Gasteiger partial charge is 0.341 e. The van der Waals surface area contributed by atoms with Gasteiger partial charge in [0.25, 0.3) is 0 Å². The maximum absolute atomic E-state index is 12.5. The first-order valence-corrected chi connectivity index (χ1v) is 8.72. The number of piperazine rings is 1. The van der Waals surface area contributed by atoms with Gasteiger partial charge in [0.05, 0.1) is 6.04 Å². The topological polar surface area (TPSA) is 55.9 Å². The normalized spacial score (nSPS) is 21.8. The lowest BCUT2D eigenvalue weighted by Crippen LogP contribution is -2.57. The van der Waals surface area contributed by atoms with Crippen molar-refractivity contribution in [3.05, 3.63) is 12.7 Å². The van der Waals surface area contributed by atoms with E-state index in [2.05, 4.69) is 16.8 Å². The van der Waals surface area contributed by atoms with Crippen LogP contribution in [0.15, 0.2) is 12.7 Å². The summed E-state index contributed by atoms with van der Waals surface area (Å²) in [7, 11) is 0. The molecule has 0 bridgehead atoms. The van der Waals surface area contributed by atoms with Gasteiger partial charge in [-0.05, 0) is 33.1 Å². The Labute approximate surface area is 139 Å². The molecule has 2 saturated heterocycles. The minimum atomic E-state index is -0.0852. The summed E-state index contributed by atoms with van der Waals surface area (Å²) >= 11 is 0. The van der Waals surface area contributed by atoms with E-state index in [1.165, 1.54) is 0 Å². The fraction of sp³-hybridized carbons (Fsp3) is 0.765. The standard InChI is InChI=1S/C17H30N4O2/c1-4-7-14(2)18-17(23)21-12-10-19(11-13-21)15(3)16(22)20-8-5-6-9-20/h4,14-15H,1,5-13H2,2-3H3,(H,18,23)/t14-,15+/m0/s1. The Balaban J connectivity index is 1.77. The van der Waals surface area contributed by atoms with Gasteiger partial charge in [0.1, 0.15) is 0 Å². The lowest BCUT2D eigenvalue weighted by Gasteiger charge is -2.38. The number of amides is 3. The molecule has 0 aliphatic carbocycles. The van der Waals surface area contributed by atoms with Crippen LogP contribution in [0.3, 0.4) is 0 Å². The summed E-state index contributed by atoms with van der Waals surface area (Å²) in [6, 6.07) is 0.00391. The second-order valence-electron chi connectivity index (χ2n) is 6.61. The van der Waals surface area contributed by atoms with Crippen LogP contribution in [-0.2, 0) is 4.79 Å². The Kier molecular flexibility index (Phi) is 6.45. The first-order chi connectivity index (χ1) is 11.0. The molecule has 2 fully saturated rings. The molecule has 130 valence electrons. The lowest BCUT2D eigenvalue weighted by atomic mass is 10.2. The average molecular weight is 322 g/mol. The van der Waals surface area contributed by atoms with Crippen molar-refractivity contribution in [2.24, 2.45) is 0 Å². The molecule has 1 N–H and O–H groups in total. The van der Waals surface area contributed by atoms with Crippen LogP contribution in [0.25, 0.3) is 0 Å². The van der Waals surface area contributed by atoms with Gasteiger partial charge in [-0.3, -0.25) is 9.69 Å². The summed E-state index contributed by atoms with van der Waals surface area (Å²) in [4.78, 5) is 30.7. The predicted octanol–water partition coefficient (Wildman–Crippen LogP) is 1.29.